The van der Waals surface area contributed by atoms with Gasteiger partial charge in [0.25, 0.3) is 0 Å². The lowest BCUT2D eigenvalue weighted by atomic mass is 10.3. The molecular weight excluding hydrogens is 206 g/mol. The van der Waals surface area contributed by atoms with E-state index in [1.165, 1.54) is 0 Å². The van der Waals surface area contributed by atoms with Gasteiger partial charge in [-0.1, -0.05) is 0 Å². The zero-order valence-electron chi connectivity index (χ0n) is 6.04. The van der Waals surface area contributed by atoms with Gasteiger partial charge in [0.15, 0.2) is 9.84 Å². The van der Waals surface area contributed by atoms with E-state index in [9.17, 15) is 16.8 Å². The molecule has 0 radical (unpaired) electrons. The van der Waals surface area contributed by atoms with Gasteiger partial charge in [0.1, 0.15) is 5.25 Å². The first-order valence-electron chi connectivity index (χ1n) is 3.12. The molecule has 1 fully saturated rings. The first-order valence-corrected chi connectivity index (χ1v) is 6.55. The molecule has 2 atom stereocenters. The Hall–Kier alpha value is -0.180. The van der Waals surface area contributed by atoms with Gasteiger partial charge in [-0.25, -0.2) is 22.0 Å². The number of hydrogen-bond acceptors (Lipinski definition) is 5. The van der Waals surface area contributed by atoms with E-state index in [-0.39, 0.29) is 0 Å². The highest BCUT2D eigenvalue weighted by Crippen LogP contribution is 2.17. The number of aliphatic hydroxyl groups is 1. The Morgan fingerprint density at radius 2 is 1.83 bits per heavy atom. The van der Waals surface area contributed by atoms with E-state index in [1.54, 1.807) is 0 Å². The lowest BCUT2D eigenvalue weighted by Crippen LogP contribution is -2.37. The van der Waals surface area contributed by atoms with E-state index in [2.05, 4.69) is 0 Å². The van der Waals surface area contributed by atoms with Crippen LogP contribution >= 0.6 is 0 Å². The summed E-state index contributed by atoms with van der Waals surface area (Å²) in [5.74, 6) is -1.10. The van der Waals surface area contributed by atoms with Gasteiger partial charge in [0.2, 0.25) is 10.0 Å². The molecule has 1 rings (SSSR count). The molecule has 0 amide bonds. The summed E-state index contributed by atoms with van der Waals surface area (Å²) in [7, 11) is -7.39. The summed E-state index contributed by atoms with van der Waals surface area (Å²) in [6.45, 7) is 0. The van der Waals surface area contributed by atoms with Crippen LogP contribution in [0.1, 0.15) is 0 Å². The Morgan fingerprint density at radius 1 is 1.33 bits per heavy atom. The molecule has 2 unspecified atom stereocenters. The van der Waals surface area contributed by atoms with Gasteiger partial charge in [-0.3, -0.25) is 0 Å². The van der Waals surface area contributed by atoms with Crippen molar-refractivity contribution in [2.75, 3.05) is 11.5 Å². The van der Waals surface area contributed by atoms with Gasteiger partial charge in [0, 0.05) is 0 Å². The van der Waals surface area contributed by atoms with Gasteiger partial charge in [-0.05, 0) is 0 Å². The van der Waals surface area contributed by atoms with E-state index < -0.39 is 42.7 Å². The number of nitrogens with two attached hydrogens (primary N) is 1. The van der Waals surface area contributed by atoms with E-state index in [1.807, 2.05) is 0 Å². The maximum atomic E-state index is 10.8. The van der Waals surface area contributed by atoms with Crippen molar-refractivity contribution in [3.05, 3.63) is 0 Å². The summed E-state index contributed by atoms with van der Waals surface area (Å²) in [6, 6.07) is 0. The van der Waals surface area contributed by atoms with Crippen molar-refractivity contribution in [3.8, 4) is 0 Å². The van der Waals surface area contributed by atoms with Crippen LogP contribution < -0.4 is 5.14 Å². The number of hydrogen-bond donors (Lipinski definition) is 2. The number of rotatable bonds is 1. The summed E-state index contributed by atoms with van der Waals surface area (Å²) in [6.07, 6.45) is -1.38. The third kappa shape index (κ3) is 1.94. The van der Waals surface area contributed by atoms with Gasteiger partial charge < -0.3 is 5.11 Å². The fourth-order valence-corrected chi connectivity index (χ4v) is 4.76. The van der Waals surface area contributed by atoms with E-state index >= 15 is 0 Å². The van der Waals surface area contributed by atoms with Crippen LogP contribution in [0, 0.1) is 0 Å². The van der Waals surface area contributed by atoms with Crippen molar-refractivity contribution in [3.63, 3.8) is 0 Å². The lowest BCUT2D eigenvalue weighted by Gasteiger charge is -2.08. The van der Waals surface area contributed by atoms with Gasteiger partial charge in [-0.15, -0.1) is 0 Å². The first-order chi connectivity index (χ1) is 5.22. The van der Waals surface area contributed by atoms with Gasteiger partial charge >= 0.3 is 0 Å². The third-order valence-corrected chi connectivity index (χ3v) is 4.95. The van der Waals surface area contributed by atoms with E-state index in [0.29, 0.717) is 0 Å². The summed E-state index contributed by atoms with van der Waals surface area (Å²) in [4.78, 5) is 0. The molecule has 72 valence electrons. The Morgan fingerprint density at radius 3 is 2.00 bits per heavy atom. The van der Waals surface area contributed by atoms with Crippen molar-refractivity contribution >= 4 is 19.9 Å². The summed E-state index contributed by atoms with van der Waals surface area (Å²) >= 11 is 0. The van der Waals surface area contributed by atoms with Crippen LogP contribution in [0.2, 0.25) is 0 Å². The minimum atomic E-state index is -3.95. The fourth-order valence-electron chi connectivity index (χ4n) is 1.11. The lowest BCUT2D eigenvalue weighted by molar-refractivity contribution is 0.204. The maximum Gasteiger partial charge on any atom is 0.215 e. The highest BCUT2D eigenvalue weighted by molar-refractivity contribution is 7.95. The van der Waals surface area contributed by atoms with Crippen molar-refractivity contribution in [2.24, 2.45) is 5.14 Å². The van der Waals surface area contributed by atoms with E-state index in [0.717, 1.165) is 0 Å². The highest BCUT2D eigenvalue weighted by atomic mass is 32.2. The number of sulfone groups is 1. The molecule has 1 heterocycles. The fraction of sp³-hybridized carbons (Fsp3) is 1.00. The monoisotopic (exact) mass is 215 g/mol. The minimum absolute atomic E-state index is 0.520. The molecule has 1 saturated heterocycles. The summed E-state index contributed by atoms with van der Waals surface area (Å²) in [5, 5.41) is 12.4. The average molecular weight is 215 g/mol. The highest BCUT2D eigenvalue weighted by Gasteiger charge is 2.42. The van der Waals surface area contributed by atoms with Crippen molar-refractivity contribution < 1.29 is 21.9 Å². The van der Waals surface area contributed by atoms with Gasteiger partial charge in [0.05, 0.1) is 17.6 Å². The quantitative estimate of drug-likeness (QED) is 0.499. The van der Waals surface area contributed by atoms with Crippen LogP contribution in [0.5, 0.6) is 0 Å². The SMILES string of the molecule is NS(=O)(=O)C1CS(=O)(=O)CC1O. The first kappa shape index (κ1) is 9.90. The Labute approximate surface area is 70.3 Å². The maximum absolute atomic E-state index is 10.8. The molecule has 6 nitrogen and oxygen atoms in total. The summed E-state index contributed by atoms with van der Waals surface area (Å²) in [5.41, 5.74) is 0. The molecule has 0 aromatic heterocycles. The minimum Gasteiger partial charge on any atom is -0.391 e. The Kier molecular flexibility index (Phi) is 2.19. The molecule has 0 aromatic carbocycles. The van der Waals surface area contributed by atoms with Crippen LogP contribution in [0.3, 0.4) is 0 Å². The second-order valence-electron chi connectivity index (χ2n) is 2.77. The van der Waals surface area contributed by atoms with E-state index in [4.69, 9.17) is 10.2 Å². The predicted molar refractivity (Wildman–Crippen MR) is 41.6 cm³/mol. The summed E-state index contributed by atoms with van der Waals surface area (Å²) < 4.78 is 43.0. The zero-order chi connectivity index (χ0) is 9.57. The van der Waals surface area contributed by atoms with Crippen LogP contribution in [0.4, 0.5) is 0 Å². The van der Waals surface area contributed by atoms with Crippen molar-refractivity contribution in [1.29, 1.82) is 0 Å². The molecular formula is C4H9NO5S2. The molecule has 8 heteroatoms. The topological polar surface area (TPSA) is 115 Å². The smallest absolute Gasteiger partial charge is 0.215 e. The average Bonchev–Trinajstić information content (AvgIpc) is 2.03. The Balaban J connectivity index is 3.01. The normalized spacial score (nSPS) is 35.2. The molecule has 0 aromatic rings. The molecule has 0 aliphatic carbocycles. The number of aliphatic hydroxyl groups excluding tert-OH is 1. The Bertz CT molecular complexity index is 368. The number of sulfonamides is 1. The zero-order valence-corrected chi connectivity index (χ0v) is 7.68. The molecule has 0 saturated carbocycles. The number of primary sulfonamides is 1. The van der Waals surface area contributed by atoms with Crippen LogP contribution in [0.15, 0.2) is 0 Å². The molecule has 0 spiro atoms. The van der Waals surface area contributed by atoms with Crippen LogP contribution in [-0.4, -0.2) is 44.8 Å². The predicted octanol–water partition coefficient (Wildman–Crippen LogP) is -2.57. The van der Waals surface area contributed by atoms with Gasteiger partial charge in [-0.2, -0.15) is 0 Å². The molecule has 1 aliphatic heterocycles. The molecule has 1 aliphatic rings. The molecule has 3 N–H and O–H groups in total. The largest absolute Gasteiger partial charge is 0.391 e. The van der Waals surface area contributed by atoms with Crippen LogP contribution in [0.25, 0.3) is 0 Å². The third-order valence-electron chi connectivity index (χ3n) is 1.69. The second kappa shape index (κ2) is 2.66. The molecule has 12 heavy (non-hydrogen) atoms. The van der Waals surface area contributed by atoms with Crippen LogP contribution in [-0.2, 0) is 19.9 Å². The van der Waals surface area contributed by atoms with Crippen molar-refractivity contribution in [2.45, 2.75) is 11.4 Å². The molecule has 0 bridgehead atoms. The van der Waals surface area contributed by atoms with Crippen molar-refractivity contribution in [1.82, 2.24) is 0 Å². The second-order valence-corrected chi connectivity index (χ2v) is 6.71. The standard InChI is InChI=1S/C4H9NO5S2/c5-12(9,10)4-2-11(7,8)1-3(4)6/h3-4,6H,1-2H2,(H2,5,9,10).